The summed E-state index contributed by atoms with van der Waals surface area (Å²) in [6, 6.07) is 12.3. The Labute approximate surface area is 135 Å². The lowest BCUT2D eigenvalue weighted by Crippen LogP contribution is -2.20. The van der Waals surface area contributed by atoms with Crippen molar-refractivity contribution in [3.8, 4) is 5.75 Å². The molecule has 3 nitrogen and oxygen atoms in total. The highest BCUT2D eigenvalue weighted by atomic mass is 79.9. The molecule has 0 atom stereocenters. The van der Waals surface area contributed by atoms with E-state index in [9.17, 15) is 4.79 Å². The monoisotopic (exact) mass is 373 g/mol. The number of nitrogens with one attached hydrogen (secondary N) is 1. The van der Waals surface area contributed by atoms with E-state index in [2.05, 4.69) is 21.2 Å². The van der Waals surface area contributed by atoms with Crippen molar-refractivity contribution in [2.24, 2.45) is 0 Å². The molecule has 1 N–H and O–H groups in total. The van der Waals surface area contributed by atoms with Crippen LogP contribution in [0.15, 0.2) is 46.9 Å². The Hall–Kier alpha value is -1.23. The molecule has 2 aromatic carbocycles. The molecular weight excluding hydrogens is 365 g/mol. The van der Waals surface area contributed by atoms with Crippen LogP contribution in [0.1, 0.15) is 0 Å². The molecule has 0 heterocycles. The summed E-state index contributed by atoms with van der Waals surface area (Å²) in [7, 11) is 0. The topological polar surface area (TPSA) is 38.3 Å². The van der Waals surface area contributed by atoms with Crippen LogP contribution in [0, 0.1) is 0 Å². The average Bonchev–Trinajstić information content (AvgIpc) is 2.38. The number of hydrogen-bond acceptors (Lipinski definition) is 2. The summed E-state index contributed by atoms with van der Waals surface area (Å²) in [5.41, 5.74) is 0.711. The number of benzene rings is 2. The molecule has 0 saturated carbocycles. The van der Waals surface area contributed by atoms with E-state index in [1.807, 2.05) is 18.2 Å². The zero-order valence-corrected chi connectivity index (χ0v) is 13.3. The van der Waals surface area contributed by atoms with Crippen molar-refractivity contribution in [3.05, 3.63) is 57.0 Å². The zero-order valence-electron chi connectivity index (χ0n) is 10.2. The predicted molar refractivity (Wildman–Crippen MR) is 84.7 cm³/mol. The highest BCUT2D eigenvalue weighted by Crippen LogP contribution is 2.35. The van der Waals surface area contributed by atoms with Crippen molar-refractivity contribution in [1.82, 2.24) is 0 Å². The number of carbonyl (C=O) groups is 1. The Bertz CT molecular complexity index is 597. The first-order valence-electron chi connectivity index (χ1n) is 5.68. The van der Waals surface area contributed by atoms with Gasteiger partial charge in [-0.15, -0.1) is 0 Å². The minimum absolute atomic E-state index is 0.144. The van der Waals surface area contributed by atoms with Gasteiger partial charge in [0.2, 0.25) is 0 Å². The summed E-state index contributed by atoms with van der Waals surface area (Å²) < 4.78 is 6.01. The highest BCUT2D eigenvalue weighted by Gasteiger charge is 2.11. The third kappa shape index (κ3) is 4.13. The normalized spacial score (nSPS) is 10.2. The zero-order chi connectivity index (χ0) is 14.5. The van der Waals surface area contributed by atoms with Crippen LogP contribution in [0.5, 0.6) is 5.75 Å². The highest BCUT2D eigenvalue weighted by molar-refractivity contribution is 9.10. The fourth-order valence-electron chi connectivity index (χ4n) is 1.52. The second-order valence-corrected chi connectivity index (χ2v) is 5.60. The van der Waals surface area contributed by atoms with Crippen LogP contribution in [0.25, 0.3) is 0 Å². The number of carbonyl (C=O) groups excluding carboxylic acids is 1. The minimum Gasteiger partial charge on any atom is -0.481 e. The van der Waals surface area contributed by atoms with Crippen molar-refractivity contribution < 1.29 is 9.53 Å². The Balaban J connectivity index is 1.97. The van der Waals surface area contributed by atoms with Crippen molar-refractivity contribution in [2.75, 3.05) is 11.9 Å². The molecule has 0 aliphatic heterocycles. The number of amides is 1. The third-order valence-corrected chi connectivity index (χ3v) is 3.46. The van der Waals surface area contributed by atoms with E-state index in [0.29, 0.717) is 26.0 Å². The minimum atomic E-state index is -0.269. The van der Waals surface area contributed by atoms with E-state index >= 15 is 0 Å². The average molecular weight is 375 g/mol. The maximum absolute atomic E-state index is 11.8. The van der Waals surface area contributed by atoms with Gasteiger partial charge in [-0.1, -0.05) is 41.4 Å². The summed E-state index contributed by atoms with van der Waals surface area (Å²) in [5.74, 6) is 0.119. The van der Waals surface area contributed by atoms with Crippen LogP contribution < -0.4 is 10.1 Å². The summed E-state index contributed by atoms with van der Waals surface area (Å²) in [6.45, 7) is -0.144. The van der Waals surface area contributed by atoms with Crippen LogP contribution in [-0.4, -0.2) is 12.5 Å². The van der Waals surface area contributed by atoms with Crippen LogP contribution >= 0.6 is 39.1 Å². The van der Waals surface area contributed by atoms with Gasteiger partial charge in [0.25, 0.3) is 5.91 Å². The van der Waals surface area contributed by atoms with E-state index in [1.165, 1.54) is 0 Å². The molecule has 0 aliphatic carbocycles. The van der Waals surface area contributed by atoms with E-state index in [1.54, 1.807) is 24.3 Å². The Morgan fingerprint density at radius 1 is 1.20 bits per heavy atom. The molecule has 0 bridgehead atoms. The van der Waals surface area contributed by atoms with Gasteiger partial charge in [0.05, 0.1) is 9.50 Å². The van der Waals surface area contributed by atoms with E-state index in [-0.39, 0.29) is 12.5 Å². The first-order valence-corrected chi connectivity index (χ1v) is 7.23. The van der Waals surface area contributed by atoms with Gasteiger partial charge in [-0.25, -0.2) is 0 Å². The standard InChI is InChI=1S/C14H10BrCl2NO2/c15-11-6-9(16)7-12(17)14(11)20-8-13(19)18-10-4-2-1-3-5-10/h1-7H,8H2,(H,18,19). The third-order valence-electron chi connectivity index (χ3n) is 2.37. The molecule has 2 rings (SSSR count). The fourth-order valence-corrected chi connectivity index (χ4v) is 2.89. The SMILES string of the molecule is O=C(COc1c(Cl)cc(Cl)cc1Br)Nc1ccccc1. The van der Waals surface area contributed by atoms with Crippen LogP contribution in [0.3, 0.4) is 0 Å². The number of anilines is 1. The molecule has 0 saturated heterocycles. The fraction of sp³-hybridized carbons (Fsp3) is 0.0714. The van der Waals surface area contributed by atoms with E-state index in [0.717, 1.165) is 0 Å². The second-order valence-electron chi connectivity index (χ2n) is 3.90. The van der Waals surface area contributed by atoms with Crippen molar-refractivity contribution in [3.63, 3.8) is 0 Å². The van der Waals surface area contributed by atoms with Gasteiger partial charge in [0, 0.05) is 10.7 Å². The molecule has 2 aromatic rings. The molecule has 0 fully saturated rings. The van der Waals surface area contributed by atoms with Crippen molar-refractivity contribution >= 4 is 50.7 Å². The number of ether oxygens (including phenoxy) is 1. The second kappa shape index (κ2) is 6.97. The molecule has 0 unspecified atom stereocenters. The number of halogens is 3. The quantitative estimate of drug-likeness (QED) is 0.836. The van der Waals surface area contributed by atoms with Gasteiger partial charge in [-0.05, 0) is 40.2 Å². The molecule has 0 spiro atoms. The van der Waals surface area contributed by atoms with Gasteiger partial charge in [0.1, 0.15) is 0 Å². The molecule has 6 heteroatoms. The lowest BCUT2D eigenvalue weighted by Gasteiger charge is -2.10. The van der Waals surface area contributed by atoms with E-state index < -0.39 is 0 Å². The van der Waals surface area contributed by atoms with Gasteiger partial charge in [-0.2, -0.15) is 0 Å². The van der Waals surface area contributed by atoms with Crippen LogP contribution in [0.2, 0.25) is 10.0 Å². The maximum Gasteiger partial charge on any atom is 0.262 e. The summed E-state index contributed by atoms with van der Waals surface area (Å²) >= 11 is 15.1. The molecule has 104 valence electrons. The van der Waals surface area contributed by atoms with Gasteiger partial charge in [0.15, 0.2) is 12.4 Å². The number of rotatable bonds is 4. The molecule has 0 aromatic heterocycles. The smallest absolute Gasteiger partial charge is 0.262 e. The van der Waals surface area contributed by atoms with Gasteiger partial charge < -0.3 is 10.1 Å². The molecule has 1 amide bonds. The molecular formula is C14H10BrCl2NO2. The van der Waals surface area contributed by atoms with Gasteiger partial charge >= 0.3 is 0 Å². The summed E-state index contributed by atoms with van der Waals surface area (Å²) in [6.07, 6.45) is 0. The first-order chi connectivity index (χ1) is 9.56. The predicted octanol–water partition coefficient (Wildman–Crippen LogP) is 4.77. The Kier molecular flexibility index (Phi) is 5.29. The lowest BCUT2D eigenvalue weighted by molar-refractivity contribution is -0.118. The number of hydrogen-bond donors (Lipinski definition) is 1. The number of para-hydroxylation sites is 1. The Morgan fingerprint density at radius 2 is 1.90 bits per heavy atom. The Morgan fingerprint density at radius 3 is 2.55 bits per heavy atom. The molecule has 20 heavy (non-hydrogen) atoms. The molecule has 0 aliphatic rings. The van der Waals surface area contributed by atoms with Crippen LogP contribution in [0.4, 0.5) is 5.69 Å². The van der Waals surface area contributed by atoms with Crippen molar-refractivity contribution in [1.29, 1.82) is 0 Å². The summed E-state index contributed by atoms with van der Waals surface area (Å²) in [5, 5.41) is 3.55. The lowest BCUT2D eigenvalue weighted by atomic mass is 10.3. The maximum atomic E-state index is 11.8. The largest absolute Gasteiger partial charge is 0.481 e. The molecule has 0 radical (unpaired) electrons. The summed E-state index contributed by atoms with van der Waals surface area (Å²) in [4.78, 5) is 11.8. The van der Waals surface area contributed by atoms with Crippen LogP contribution in [-0.2, 0) is 4.79 Å². The first kappa shape index (κ1) is 15.2. The van der Waals surface area contributed by atoms with E-state index in [4.69, 9.17) is 27.9 Å². The van der Waals surface area contributed by atoms with Crippen molar-refractivity contribution in [2.45, 2.75) is 0 Å². The van der Waals surface area contributed by atoms with Gasteiger partial charge in [-0.3, -0.25) is 4.79 Å².